The van der Waals surface area contributed by atoms with Crippen LogP contribution >= 0.6 is 0 Å². The zero-order valence-electron chi connectivity index (χ0n) is 11.7. The van der Waals surface area contributed by atoms with Crippen molar-refractivity contribution in [2.45, 2.75) is 36.6 Å². The van der Waals surface area contributed by atoms with Crippen LogP contribution in [0, 0.1) is 5.92 Å². The van der Waals surface area contributed by atoms with Crippen molar-refractivity contribution in [3.63, 3.8) is 0 Å². The van der Waals surface area contributed by atoms with Crippen molar-refractivity contribution in [3.05, 3.63) is 59.9 Å². The summed E-state index contributed by atoms with van der Waals surface area (Å²) < 4.78 is 57.3. The molecule has 2 fully saturated rings. The topological polar surface area (TPSA) is 4.93 Å². The first-order chi connectivity index (χ1) is 10.6. The molecule has 4 atom stereocenters. The van der Waals surface area contributed by atoms with Crippen molar-refractivity contribution in [2.24, 2.45) is 5.92 Å². The van der Waals surface area contributed by atoms with Crippen LogP contribution in [0.15, 0.2) is 48.7 Å². The highest BCUT2D eigenvalue weighted by Crippen LogP contribution is 2.66. The first-order valence-electron chi connectivity index (χ1n) is 7.34. The van der Waals surface area contributed by atoms with E-state index in [1.54, 1.807) is 22.9 Å². The number of hydrogen-bond acceptors (Lipinski definition) is 0. The smallest absolute Gasteiger partial charge is 0.146 e. The van der Waals surface area contributed by atoms with Gasteiger partial charge in [-0.2, -0.15) is 0 Å². The molecule has 4 unspecified atom stereocenters. The van der Waals surface area contributed by atoms with E-state index in [0.717, 1.165) is 5.56 Å². The molecule has 116 valence electrons. The van der Waals surface area contributed by atoms with Gasteiger partial charge in [-0.3, -0.25) is 0 Å². The molecule has 0 aliphatic heterocycles. The molecule has 2 aliphatic carbocycles. The summed E-state index contributed by atoms with van der Waals surface area (Å²) in [6.07, 6.45) is -6.10. The van der Waals surface area contributed by atoms with E-state index in [1.165, 1.54) is 0 Å². The van der Waals surface area contributed by atoms with Gasteiger partial charge in [0.15, 0.2) is 0 Å². The Kier molecular flexibility index (Phi) is 2.90. The lowest BCUT2D eigenvalue weighted by Crippen LogP contribution is -2.82. The average Bonchev–Trinajstić information content (AvgIpc) is 2.98. The number of alkyl halides is 4. The molecular formula is C17H15F4N. The first-order valence-corrected chi connectivity index (χ1v) is 7.34. The van der Waals surface area contributed by atoms with Gasteiger partial charge in [-0.05, 0) is 17.7 Å². The van der Waals surface area contributed by atoms with Gasteiger partial charge < -0.3 is 4.57 Å². The minimum absolute atomic E-state index is 0.351. The lowest BCUT2D eigenvalue weighted by atomic mass is 9.42. The fourth-order valence-electron chi connectivity index (χ4n) is 4.05. The van der Waals surface area contributed by atoms with Crippen LogP contribution < -0.4 is 0 Å². The van der Waals surface area contributed by atoms with Crippen molar-refractivity contribution < 1.29 is 17.6 Å². The number of halogens is 4. The second-order valence-corrected chi connectivity index (χ2v) is 6.16. The van der Waals surface area contributed by atoms with Gasteiger partial charge in [0.1, 0.15) is 24.7 Å². The van der Waals surface area contributed by atoms with Crippen LogP contribution in [0.5, 0.6) is 0 Å². The average molecular weight is 309 g/mol. The van der Waals surface area contributed by atoms with Crippen LogP contribution in [0.2, 0.25) is 0 Å². The molecule has 0 bridgehead atoms. The summed E-state index contributed by atoms with van der Waals surface area (Å²) in [5, 5.41) is 0. The molecule has 0 saturated heterocycles. The van der Waals surface area contributed by atoms with E-state index < -0.39 is 36.0 Å². The van der Waals surface area contributed by atoms with E-state index in [0.29, 0.717) is 12.2 Å². The minimum atomic E-state index is -1.98. The van der Waals surface area contributed by atoms with Crippen LogP contribution in [-0.4, -0.2) is 29.3 Å². The summed E-state index contributed by atoms with van der Waals surface area (Å²) in [6, 6.07) is 12.7. The number of benzene rings is 1. The van der Waals surface area contributed by atoms with E-state index in [1.807, 2.05) is 30.3 Å². The lowest BCUT2D eigenvalue weighted by Gasteiger charge is -2.65. The van der Waals surface area contributed by atoms with Gasteiger partial charge >= 0.3 is 0 Å². The van der Waals surface area contributed by atoms with Crippen LogP contribution in [0.3, 0.4) is 0 Å². The Morgan fingerprint density at radius 3 is 2.14 bits per heavy atom. The quantitative estimate of drug-likeness (QED) is 0.761. The molecule has 2 aromatic rings. The molecule has 2 saturated carbocycles. The van der Waals surface area contributed by atoms with Gasteiger partial charge in [0.25, 0.3) is 0 Å². The summed E-state index contributed by atoms with van der Waals surface area (Å²) in [5.41, 5.74) is -0.341. The number of nitrogens with zero attached hydrogens (tertiary/aromatic N) is 1. The summed E-state index contributed by atoms with van der Waals surface area (Å²) in [6.45, 7) is 0.422. The van der Waals surface area contributed by atoms with Crippen LogP contribution in [0.25, 0.3) is 0 Å². The Bertz CT molecular complexity index is 667. The summed E-state index contributed by atoms with van der Waals surface area (Å²) >= 11 is 0. The molecule has 0 N–H and O–H groups in total. The molecule has 22 heavy (non-hydrogen) atoms. The van der Waals surface area contributed by atoms with Crippen LogP contribution in [-0.2, 0) is 12.0 Å². The lowest BCUT2D eigenvalue weighted by molar-refractivity contribution is -0.252. The standard InChI is InChI=1S/C17H15F4N/c18-13-12-14(19)16(21)17(12,15(13)20)11-7-4-8-22(11)9-10-5-2-1-3-6-10/h1-8,12-16H,9H2. The summed E-state index contributed by atoms with van der Waals surface area (Å²) in [4.78, 5) is 0. The maximum Gasteiger partial charge on any atom is 0.146 e. The first kappa shape index (κ1) is 13.9. The Balaban J connectivity index is 1.71. The van der Waals surface area contributed by atoms with Gasteiger partial charge in [-0.25, -0.2) is 17.6 Å². The second-order valence-electron chi connectivity index (χ2n) is 6.16. The van der Waals surface area contributed by atoms with E-state index in [-0.39, 0.29) is 0 Å². The third kappa shape index (κ3) is 1.49. The SMILES string of the molecule is FC1C(F)C2(c3cccn3Cc3ccccc3)C(F)C(F)C12. The molecule has 0 spiro atoms. The number of rotatable bonds is 3. The molecule has 5 heteroatoms. The second kappa shape index (κ2) is 4.61. The number of hydrogen-bond donors (Lipinski definition) is 0. The maximum absolute atomic E-state index is 14.2. The maximum atomic E-state index is 14.2. The van der Waals surface area contributed by atoms with Crippen LogP contribution in [0.4, 0.5) is 17.6 Å². The minimum Gasteiger partial charge on any atom is -0.346 e. The predicted octanol–water partition coefficient (Wildman–Crippen LogP) is 3.77. The molecule has 2 aliphatic rings. The van der Waals surface area contributed by atoms with Crippen molar-refractivity contribution in [1.82, 2.24) is 4.57 Å². The molecule has 4 rings (SSSR count). The Hall–Kier alpha value is -1.78. The van der Waals surface area contributed by atoms with E-state index >= 15 is 0 Å². The zero-order valence-corrected chi connectivity index (χ0v) is 11.7. The molecule has 0 amide bonds. The Morgan fingerprint density at radius 1 is 0.864 bits per heavy atom. The normalized spacial score (nSPS) is 39.7. The summed E-state index contributed by atoms with van der Waals surface area (Å²) in [7, 11) is 0. The van der Waals surface area contributed by atoms with E-state index in [4.69, 9.17) is 0 Å². The predicted molar refractivity (Wildman–Crippen MR) is 74.7 cm³/mol. The molecular weight excluding hydrogens is 294 g/mol. The van der Waals surface area contributed by atoms with E-state index in [2.05, 4.69) is 0 Å². The van der Waals surface area contributed by atoms with E-state index in [9.17, 15) is 17.6 Å². The Labute approximate surface area is 125 Å². The fourth-order valence-corrected chi connectivity index (χ4v) is 4.05. The van der Waals surface area contributed by atoms with Crippen molar-refractivity contribution >= 4 is 0 Å². The fraction of sp³-hybridized carbons (Fsp3) is 0.412. The molecule has 1 heterocycles. The largest absolute Gasteiger partial charge is 0.346 e. The van der Waals surface area contributed by atoms with Gasteiger partial charge in [-0.15, -0.1) is 0 Å². The monoisotopic (exact) mass is 309 g/mol. The number of fused-ring (bicyclic) bond motifs is 1. The van der Waals surface area contributed by atoms with Gasteiger partial charge in [-0.1, -0.05) is 30.3 Å². The van der Waals surface area contributed by atoms with Crippen molar-refractivity contribution in [3.8, 4) is 0 Å². The molecule has 0 radical (unpaired) electrons. The zero-order chi connectivity index (χ0) is 15.5. The van der Waals surface area contributed by atoms with Crippen LogP contribution in [0.1, 0.15) is 11.3 Å². The van der Waals surface area contributed by atoms with Gasteiger partial charge in [0.2, 0.25) is 0 Å². The third-order valence-electron chi connectivity index (χ3n) is 5.18. The number of aromatic nitrogens is 1. The highest BCUT2D eigenvalue weighted by Gasteiger charge is 2.81. The summed E-state index contributed by atoms with van der Waals surface area (Å²) in [5.74, 6) is -1.21. The van der Waals surface area contributed by atoms with Crippen molar-refractivity contribution in [1.29, 1.82) is 0 Å². The van der Waals surface area contributed by atoms with Crippen molar-refractivity contribution in [2.75, 3.05) is 0 Å². The Morgan fingerprint density at radius 2 is 1.50 bits per heavy atom. The third-order valence-corrected chi connectivity index (χ3v) is 5.18. The highest BCUT2D eigenvalue weighted by atomic mass is 19.2. The van der Waals surface area contributed by atoms with Gasteiger partial charge in [0, 0.05) is 24.4 Å². The highest BCUT2D eigenvalue weighted by molar-refractivity contribution is 5.42. The van der Waals surface area contributed by atoms with Gasteiger partial charge in [0.05, 0.1) is 5.41 Å². The molecule has 1 aromatic carbocycles. The molecule has 1 aromatic heterocycles. The molecule has 1 nitrogen and oxygen atoms in total.